The number of benzene rings is 1. The highest BCUT2D eigenvalue weighted by molar-refractivity contribution is 7.16. The summed E-state index contributed by atoms with van der Waals surface area (Å²) in [6.45, 7) is 6.88. The number of rotatable bonds is 3. The topological polar surface area (TPSA) is 62.3 Å². The summed E-state index contributed by atoms with van der Waals surface area (Å²) in [6.07, 6.45) is 0. The van der Waals surface area contributed by atoms with Crippen LogP contribution in [-0.2, 0) is 4.79 Å². The Bertz CT molecular complexity index is 910. The Morgan fingerprint density at radius 1 is 1.26 bits per heavy atom. The van der Waals surface area contributed by atoms with Crippen molar-refractivity contribution in [2.75, 3.05) is 13.1 Å². The normalized spacial score (nSPS) is 23.4. The first kappa shape index (κ1) is 18.4. The van der Waals surface area contributed by atoms with Gasteiger partial charge in [-0.2, -0.15) is 0 Å². The highest BCUT2D eigenvalue weighted by Crippen LogP contribution is 2.49. The molecule has 2 aromatic rings. The molecule has 0 radical (unpaired) electrons. The monoisotopic (exact) mass is 403 g/mol. The summed E-state index contributed by atoms with van der Waals surface area (Å²) >= 11 is 7.47. The first-order chi connectivity index (χ1) is 12.9. The van der Waals surface area contributed by atoms with Crippen LogP contribution in [-0.4, -0.2) is 34.8 Å². The summed E-state index contributed by atoms with van der Waals surface area (Å²) < 4.78 is 0.405. The minimum atomic E-state index is -0.0599. The van der Waals surface area contributed by atoms with E-state index in [2.05, 4.69) is 22.4 Å². The van der Waals surface area contributed by atoms with Gasteiger partial charge in [-0.1, -0.05) is 49.7 Å². The first-order valence-corrected chi connectivity index (χ1v) is 10.4. The number of nitrogens with zero attached hydrogens (tertiary/aromatic N) is 2. The Kier molecular flexibility index (Phi) is 4.72. The van der Waals surface area contributed by atoms with E-state index in [-0.39, 0.29) is 35.6 Å². The summed E-state index contributed by atoms with van der Waals surface area (Å²) in [5.74, 6) is 0.512. The maximum absolute atomic E-state index is 13.2. The molecule has 0 spiro atoms. The van der Waals surface area contributed by atoms with E-state index in [4.69, 9.17) is 11.6 Å². The lowest BCUT2D eigenvalue weighted by Crippen LogP contribution is -2.34. The fourth-order valence-corrected chi connectivity index (χ4v) is 5.54. The zero-order chi connectivity index (χ0) is 19.3. The average molecular weight is 404 g/mol. The third-order valence-electron chi connectivity index (χ3n) is 5.52. The molecule has 2 heterocycles. The molecule has 5 nitrogen and oxygen atoms in total. The molecule has 1 aliphatic carbocycles. The Morgan fingerprint density at radius 3 is 2.63 bits per heavy atom. The van der Waals surface area contributed by atoms with Gasteiger partial charge in [0.1, 0.15) is 5.69 Å². The number of fused-ring (bicyclic) bond motifs is 3. The molecule has 1 aliphatic heterocycles. The Labute approximate surface area is 167 Å². The molecule has 2 amide bonds. The number of hydrogen-bond donors (Lipinski definition) is 1. The van der Waals surface area contributed by atoms with Crippen molar-refractivity contribution in [3.05, 3.63) is 50.4 Å². The van der Waals surface area contributed by atoms with E-state index in [0.29, 0.717) is 23.3 Å². The van der Waals surface area contributed by atoms with Crippen LogP contribution in [0.2, 0.25) is 4.47 Å². The van der Waals surface area contributed by atoms with Crippen molar-refractivity contribution in [3.8, 4) is 0 Å². The molecule has 1 aromatic heterocycles. The second-order valence-corrected chi connectivity index (χ2v) is 9.23. The van der Waals surface area contributed by atoms with Crippen LogP contribution in [0.4, 0.5) is 0 Å². The number of hydrogen-bond acceptors (Lipinski definition) is 4. The highest BCUT2D eigenvalue weighted by atomic mass is 35.5. The fraction of sp³-hybridized carbons (Fsp3) is 0.450. The second kappa shape index (κ2) is 6.91. The van der Waals surface area contributed by atoms with Gasteiger partial charge >= 0.3 is 0 Å². The van der Waals surface area contributed by atoms with Crippen molar-refractivity contribution >= 4 is 34.8 Å². The number of carbonyl (C=O) groups is 2. The van der Waals surface area contributed by atoms with Crippen molar-refractivity contribution in [2.24, 2.45) is 5.92 Å². The predicted octanol–water partition coefficient (Wildman–Crippen LogP) is 3.97. The molecule has 0 bridgehead atoms. The lowest BCUT2D eigenvalue weighted by Gasteiger charge is -2.22. The molecule has 3 atom stereocenters. The van der Waals surface area contributed by atoms with Gasteiger partial charge in [-0.15, -0.1) is 11.3 Å². The summed E-state index contributed by atoms with van der Waals surface area (Å²) in [5.41, 5.74) is 2.88. The number of carbonyl (C=O) groups excluding carboxylic acids is 2. The van der Waals surface area contributed by atoms with Crippen molar-refractivity contribution < 1.29 is 9.59 Å². The lowest BCUT2D eigenvalue weighted by molar-refractivity contribution is -0.120. The van der Waals surface area contributed by atoms with Crippen molar-refractivity contribution in [3.63, 3.8) is 0 Å². The van der Waals surface area contributed by atoms with Gasteiger partial charge in [-0.3, -0.25) is 9.59 Å². The van der Waals surface area contributed by atoms with Crippen LogP contribution in [0.3, 0.4) is 0 Å². The molecule has 4 rings (SSSR count). The van der Waals surface area contributed by atoms with Crippen molar-refractivity contribution in [2.45, 2.75) is 38.6 Å². The largest absolute Gasteiger partial charge is 0.349 e. The Morgan fingerprint density at radius 2 is 1.96 bits per heavy atom. The summed E-state index contributed by atoms with van der Waals surface area (Å²) in [6, 6.07) is 8.17. The van der Waals surface area contributed by atoms with E-state index < -0.39 is 0 Å². The molecular weight excluding hydrogens is 382 g/mol. The molecule has 142 valence electrons. The minimum Gasteiger partial charge on any atom is -0.349 e. The number of aromatic nitrogens is 1. The molecule has 1 aromatic carbocycles. The smallest absolute Gasteiger partial charge is 0.273 e. The van der Waals surface area contributed by atoms with E-state index in [1.807, 2.05) is 30.9 Å². The maximum atomic E-state index is 13.2. The molecule has 2 aliphatic rings. The van der Waals surface area contributed by atoms with Crippen LogP contribution in [0.15, 0.2) is 24.3 Å². The number of halogens is 1. The number of nitrogens with one attached hydrogen (secondary N) is 1. The predicted molar refractivity (Wildman–Crippen MR) is 106 cm³/mol. The number of amides is 2. The summed E-state index contributed by atoms with van der Waals surface area (Å²) in [5, 5.41) is 3.09. The van der Waals surface area contributed by atoms with Crippen LogP contribution in [0, 0.1) is 5.92 Å². The SMILES string of the molecule is CC(=O)N[C@H]1c2ccccc2[C@@H]2CN(C(=O)c3nc(Cl)sc3C(C)C)C[C@@H]21. The Balaban J connectivity index is 1.63. The molecule has 0 unspecified atom stereocenters. The lowest BCUT2D eigenvalue weighted by atomic mass is 9.94. The Hall–Kier alpha value is -1.92. The third kappa shape index (κ3) is 3.15. The first-order valence-electron chi connectivity index (χ1n) is 9.18. The number of thiazole rings is 1. The highest BCUT2D eigenvalue weighted by Gasteiger charge is 2.48. The maximum Gasteiger partial charge on any atom is 0.273 e. The standard InChI is InChI=1S/C20H22ClN3O2S/c1-10(2)18-17(23-20(21)27-18)19(26)24-8-14-12-6-4-5-7-13(12)16(15(14)9-24)22-11(3)25/h4-7,10,14-16H,8-9H2,1-3H3,(H,22,25)/t14-,15-,16-/m0/s1. The molecule has 1 saturated heterocycles. The summed E-state index contributed by atoms with van der Waals surface area (Å²) in [7, 11) is 0. The average Bonchev–Trinajstić information content (AvgIpc) is 3.28. The van der Waals surface area contributed by atoms with Gasteiger partial charge in [0.15, 0.2) is 4.47 Å². The fourth-order valence-electron chi connectivity index (χ4n) is 4.43. The van der Waals surface area contributed by atoms with Crippen LogP contribution < -0.4 is 5.32 Å². The molecule has 27 heavy (non-hydrogen) atoms. The zero-order valence-electron chi connectivity index (χ0n) is 15.5. The van der Waals surface area contributed by atoms with Crippen LogP contribution in [0.25, 0.3) is 0 Å². The van der Waals surface area contributed by atoms with E-state index in [9.17, 15) is 9.59 Å². The van der Waals surface area contributed by atoms with Gasteiger partial charge in [-0.05, 0) is 17.0 Å². The quantitative estimate of drug-likeness (QED) is 0.843. The van der Waals surface area contributed by atoms with Gasteiger partial charge in [0, 0.05) is 36.7 Å². The molecule has 0 saturated carbocycles. The van der Waals surface area contributed by atoms with Crippen LogP contribution in [0.5, 0.6) is 0 Å². The van der Waals surface area contributed by atoms with Crippen molar-refractivity contribution in [1.29, 1.82) is 0 Å². The van der Waals surface area contributed by atoms with Crippen LogP contribution in [0.1, 0.15) is 65.1 Å². The number of likely N-dealkylation sites (tertiary alicyclic amines) is 1. The van der Waals surface area contributed by atoms with Gasteiger partial charge in [0.25, 0.3) is 5.91 Å². The van der Waals surface area contributed by atoms with Gasteiger partial charge in [0.05, 0.1) is 6.04 Å². The van der Waals surface area contributed by atoms with Crippen LogP contribution >= 0.6 is 22.9 Å². The third-order valence-corrected chi connectivity index (χ3v) is 6.98. The van der Waals surface area contributed by atoms with E-state index in [1.54, 1.807) is 6.92 Å². The van der Waals surface area contributed by atoms with Gasteiger partial charge in [0.2, 0.25) is 5.91 Å². The molecule has 1 fully saturated rings. The van der Waals surface area contributed by atoms with E-state index in [0.717, 1.165) is 4.88 Å². The molecular formula is C20H22ClN3O2S. The van der Waals surface area contributed by atoms with E-state index >= 15 is 0 Å². The summed E-state index contributed by atoms with van der Waals surface area (Å²) in [4.78, 5) is 32.0. The van der Waals surface area contributed by atoms with Gasteiger partial charge in [-0.25, -0.2) is 4.98 Å². The van der Waals surface area contributed by atoms with Crippen molar-refractivity contribution in [1.82, 2.24) is 15.2 Å². The van der Waals surface area contributed by atoms with E-state index in [1.165, 1.54) is 22.5 Å². The molecule has 1 N–H and O–H groups in total. The second-order valence-electron chi connectivity index (χ2n) is 7.62. The minimum absolute atomic E-state index is 0.0476. The van der Waals surface area contributed by atoms with Gasteiger partial charge < -0.3 is 10.2 Å². The zero-order valence-corrected chi connectivity index (χ0v) is 17.1. The molecule has 7 heteroatoms.